The van der Waals surface area contributed by atoms with Gasteiger partial charge in [-0.05, 0) is 92.2 Å². The van der Waals surface area contributed by atoms with Gasteiger partial charge in [0, 0.05) is 4.90 Å². The Balaban J connectivity index is 1.61. The Labute approximate surface area is 198 Å². The number of halogens is 1. The second-order valence-electron chi connectivity index (χ2n) is 9.11. The zero-order valence-electron chi connectivity index (χ0n) is 18.9. The fraction of sp³-hybridized carbons (Fsp3) is 0.500. The van der Waals surface area contributed by atoms with Crippen LogP contribution in [-0.4, -0.2) is 42.3 Å². The maximum atomic E-state index is 14.4. The summed E-state index contributed by atoms with van der Waals surface area (Å²) in [4.78, 5) is 13.4. The molecule has 0 spiro atoms. The maximum absolute atomic E-state index is 14.4. The molecule has 0 radical (unpaired) electrons. The first-order chi connectivity index (χ1) is 15.9. The Kier molecular flexibility index (Phi) is 7.31. The van der Waals surface area contributed by atoms with Crippen LogP contribution in [0.25, 0.3) is 0 Å². The lowest BCUT2D eigenvalue weighted by molar-refractivity contribution is -0.151. The number of ether oxygens (including phenoxy) is 2. The lowest BCUT2D eigenvalue weighted by atomic mass is 9.63. The van der Waals surface area contributed by atoms with E-state index in [1.54, 1.807) is 30.3 Å². The Hall–Kier alpha value is -2.09. The number of rotatable bonds is 10. The van der Waals surface area contributed by atoms with Crippen LogP contribution < -0.4 is 4.74 Å². The van der Waals surface area contributed by atoms with Crippen molar-refractivity contribution in [2.24, 2.45) is 5.92 Å². The van der Waals surface area contributed by atoms with Crippen LogP contribution >= 0.6 is 11.8 Å². The summed E-state index contributed by atoms with van der Waals surface area (Å²) in [7, 11) is 0. The van der Waals surface area contributed by atoms with Crippen LogP contribution in [0, 0.1) is 11.7 Å². The third-order valence-corrected chi connectivity index (χ3v) is 7.72. The summed E-state index contributed by atoms with van der Waals surface area (Å²) in [5.41, 5.74) is -0.180. The van der Waals surface area contributed by atoms with Gasteiger partial charge in [-0.15, -0.1) is 11.8 Å². The van der Waals surface area contributed by atoms with Crippen molar-refractivity contribution in [3.8, 4) is 5.75 Å². The third-order valence-electron chi connectivity index (χ3n) is 7.01. The van der Waals surface area contributed by atoms with Gasteiger partial charge >= 0.3 is 5.97 Å². The van der Waals surface area contributed by atoms with Crippen LogP contribution in [-0.2, 0) is 20.5 Å². The van der Waals surface area contributed by atoms with Gasteiger partial charge in [-0.25, -0.2) is 4.39 Å². The Morgan fingerprint density at radius 2 is 1.79 bits per heavy atom. The predicted molar refractivity (Wildman–Crippen MR) is 125 cm³/mol. The van der Waals surface area contributed by atoms with Gasteiger partial charge in [0.05, 0.1) is 24.2 Å². The highest BCUT2D eigenvalue weighted by molar-refractivity contribution is 7.98. The van der Waals surface area contributed by atoms with Gasteiger partial charge in [-0.1, -0.05) is 12.1 Å². The molecule has 2 aliphatic carbocycles. The molecule has 2 N–H and O–H groups in total. The highest BCUT2D eigenvalue weighted by Crippen LogP contribution is 2.50. The van der Waals surface area contributed by atoms with Crippen molar-refractivity contribution in [1.29, 1.82) is 0 Å². The second kappa shape index (κ2) is 10.0. The maximum Gasteiger partial charge on any atom is 0.314 e. The highest BCUT2D eigenvalue weighted by Gasteiger charge is 2.50. The molecule has 0 aliphatic heterocycles. The summed E-state index contributed by atoms with van der Waals surface area (Å²) in [6.45, 7) is 0.736. The number of thioether (sulfide) groups is 1. The minimum absolute atomic E-state index is 0.0813. The average Bonchev–Trinajstić information content (AvgIpc) is 3.66. The van der Waals surface area contributed by atoms with Crippen LogP contribution in [0.2, 0.25) is 0 Å². The van der Waals surface area contributed by atoms with Gasteiger partial charge < -0.3 is 19.7 Å². The van der Waals surface area contributed by atoms with Gasteiger partial charge in [0.2, 0.25) is 0 Å². The topological polar surface area (TPSA) is 76.0 Å². The summed E-state index contributed by atoms with van der Waals surface area (Å²) in [5, 5.41) is 19.2. The third kappa shape index (κ3) is 5.20. The van der Waals surface area contributed by atoms with E-state index in [0.717, 1.165) is 28.9 Å². The Morgan fingerprint density at radius 1 is 1.09 bits per heavy atom. The minimum atomic E-state index is -1.03. The van der Waals surface area contributed by atoms with E-state index >= 15 is 0 Å². The first-order valence-corrected chi connectivity index (χ1v) is 12.7. The van der Waals surface area contributed by atoms with E-state index in [0.29, 0.717) is 44.0 Å². The number of aliphatic hydroxyl groups is 1. The lowest BCUT2D eigenvalue weighted by Gasteiger charge is -2.45. The lowest BCUT2D eigenvalue weighted by Crippen LogP contribution is -2.46. The van der Waals surface area contributed by atoms with Crippen LogP contribution in [0.4, 0.5) is 4.39 Å². The largest absolute Gasteiger partial charge is 0.491 e. The summed E-state index contributed by atoms with van der Waals surface area (Å²) in [6, 6.07) is 12.2. The minimum Gasteiger partial charge on any atom is -0.491 e. The van der Waals surface area contributed by atoms with Gasteiger partial charge in [-0.2, -0.15) is 0 Å². The molecule has 0 unspecified atom stereocenters. The summed E-state index contributed by atoms with van der Waals surface area (Å²) in [6.07, 6.45) is 6.03. The molecule has 2 saturated carbocycles. The van der Waals surface area contributed by atoms with Gasteiger partial charge in [0.15, 0.2) is 0 Å². The van der Waals surface area contributed by atoms with Crippen LogP contribution in [0.5, 0.6) is 5.75 Å². The quantitative estimate of drug-likeness (QED) is 0.465. The first-order valence-electron chi connectivity index (χ1n) is 11.5. The zero-order chi connectivity index (χ0) is 23.5. The predicted octanol–water partition coefficient (Wildman–Crippen LogP) is 5.14. The van der Waals surface area contributed by atoms with E-state index in [1.807, 2.05) is 12.3 Å². The van der Waals surface area contributed by atoms with E-state index in [1.165, 1.54) is 17.8 Å². The molecule has 0 heterocycles. The molecule has 178 valence electrons. The molecule has 5 nitrogen and oxygen atoms in total. The Morgan fingerprint density at radius 3 is 2.36 bits per heavy atom. The SMILES string of the molecule is CSc1cc(F)cc([C@]2(OCC3CC3)CC[C@@](C(=O)O)(c3ccc(OCCO)cc3)CC2)c1. The molecule has 0 aromatic heterocycles. The van der Waals surface area contributed by atoms with E-state index in [4.69, 9.17) is 14.6 Å². The molecular formula is C26H31FO5S. The monoisotopic (exact) mass is 474 g/mol. The van der Waals surface area contributed by atoms with Crippen molar-refractivity contribution in [3.05, 3.63) is 59.4 Å². The summed E-state index contributed by atoms with van der Waals surface area (Å²) < 4.78 is 26.3. The molecule has 33 heavy (non-hydrogen) atoms. The molecule has 7 heteroatoms. The molecule has 0 amide bonds. The number of carboxylic acids is 1. The van der Waals surface area contributed by atoms with Crippen molar-refractivity contribution in [2.45, 2.75) is 54.4 Å². The van der Waals surface area contributed by atoms with E-state index in [2.05, 4.69) is 0 Å². The molecule has 4 rings (SSSR count). The highest BCUT2D eigenvalue weighted by atomic mass is 32.2. The van der Waals surface area contributed by atoms with E-state index in [-0.39, 0.29) is 19.0 Å². The fourth-order valence-electron chi connectivity index (χ4n) is 4.76. The molecule has 2 fully saturated rings. The number of aliphatic hydroxyl groups excluding tert-OH is 1. The number of carboxylic acid groups (broad SMARTS) is 1. The molecule has 2 aromatic carbocycles. The standard InChI is InChI=1S/C26H31FO5S/c1-33-23-15-20(14-21(27)16-23)26(32-17-18-2-3-18)10-8-25(9-11-26,24(29)30)19-4-6-22(7-5-19)31-13-12-28/h4-7,14-16,18,28H,2-3,8-13,17H2,1H3,(H,29,30)/t25-,26-. The Bertz CT molecular complexity index is 965. The molecular weight excluding hydrogens is 443 g/mol. The van der Waals surface area contributed by atoms with Crippen molar-refractivity contribution in [2.75, 3.05) is 26.1 Å². The van der Waals surface area contributed by atoms with Crippen molar-refractivity contribution >= 4 is 17.7 Å². The van der Waals surface area contributed by atoms with Crippen molar-refractivity contribution in [3.63, 3.8) is 0 Å². The number of benzene rings is 2. The van der Waals surface area contributed by atoms with Gasteiger partial charge in [0.25, 0.3) is 0 Å². The first kappa shape index (κ1) is 24.0. The van der Waals surface area contributed by atoms with Gasteiger partial charge in [0.1, 0.15) is 18.2 Å². The van der Waals surface area contributed by atoms with Crippen LogP contribution in [0.15, 0.2) is 47.4 Å². The number of hydrogen-bond donors (Lipinski definition) is 2. The van der Waals surface area contributed by atoms with Crippen LogP contribution in [0.1, 0.15) is 49.7 Å². The second-order valence-corrected chi connectivity index (χ2v) is 9.99. The molecule has 2 aliphatic rings. The van der Waals surface area contributed by atoms with Gasteiger partial charge in [-0.3, -0.25) is 4.79 Å². The molecule has 0 bridgehead atoms. The zero-order valence-corrected chi connectivity index (χ0v) is 19.7. The van der Waals surface area contributed by atoms with Crippen molar-refractivity contribution in [1.82, 2.24) is 0 Å². The number of hydrogen-bond acceptors (Lipinski definition) is 5. The molecule has 0 atom stereocenters. The average molecular weight is 475 g/mol. The molecule has 2 aromatic rings. The number of carbonyl (C=O) groups is 1. The fourth-order valence-corrected chi connectivity index (χ4v) is 5.24. The van der Waals surface area contributed by atoms with Crippen LogP contribution in [0.3, 0.4) is 0 Å². The normalized spacial score (nSPS) is 25.1. The van der Waals surface area contributed by atoms with Crippen molar-refractivity contribution < 1.29 is 28.9 Å². The number of aliphatic carboxylic acids is 1. The molecule has 0 saturated heterocycles. The van der Waals surface area contributed by atoms with E-state index in [9.17, 15) is 14.3 Å². The van der Waals surface area contributed by atoms with E-state index < -0.39 is 17.0 Å². The summed E-state index contributed by atoms with van der Waals surface area (Å²) >= 11 is 1.49. The summed E-state index contributed by atoms with van der Waals surface area (Å²) in [5.74, 6) is -0.00477. The smallest absolute Gasteiger partial charge is 0.314 e.